The van der Waals surface area contributed by atoms with Gasteiger partial charge >= 0.3 is 0 Å². The fourth-order valence-corrected chi connectivity index (χ4v) is 7.56. The summed E-state index contributed by atoms with van der Waals surface area (Å²) >= 11 is 7.24. The number of hydrazine groups is 1. The lowest BCUT2D eigenvalue weighted by molar-refractivity contribution is -0.385. The van der Waals surface area contributed by atoms with Gasteiger partial charge in [-0.05, 0) is 24.3 Å². The molecule has 2 aromatic rings. The molecule has 13 heteroatoms. The van der Waals surface area contributed by atoms with E-state index in [0.29, 0.717) is 6.42 Å². The number of para-hydroxylation sites is 1. The Morgan fingerprint density at radius 2 is 1.56 bits per heavy atom. The summed E-state index contributed by atoms with van der Waals surface area (Å²) in [5.41, 5.74) is -0.640. The molecule has 3 fully saturated rings. The van der Waals surface area contributed by atoms with E-state index >= 15 is 0 Å². The number of nitrogens with zero attached hydrogens (tertiary/aromatic N) is 4. The van der Waals surface area contributed by atoms with Crippen LogP contribution in [0.25, 0.3) is 0 Å². The van der Waals surface area contributed by atoms with Gasteiger partial charge in [0.1, 0.15) is 0 Å². The van der Waals surface area contributed by atoms with Crippen LogP contribution in [0.3, 0.4) is 0 Å². The van der Waals surface area contributed by atoms with Crippen molar-refractivity contribution in [1.82, 2.24) is 10.0 Å². The standard InChI is InChI=1S/C23H18Br2N4O7/c24-19-14-9-15(20(19)25)18-17(14)22(31)27(23(18)32)26(10-12-4-1-2-7-16(12)29(35)36)21(30)11-5-3-6-13(8-11)28(33)34/h1-8,14-15,17-20H,9-10H2/t14-,15-,17-,18+,19-,20+/m1/s1. The molecule has 2 saturated carbocycles. The summed E-state index contributed by atoms with van der Waals surface area (Å²) in [7, 11) is 0. The maximum Gasteiger partial charge on any atom is 0.274 e. The van der Waals surface area contributed by atoms with Crippen molar-refractivity contribution in [3.63, 3.8) is 0 Å². The van der Waals surface area contributed by atoms with Crippen LogP contribution in [0.4, 0.5) is 11.4 Å². The van der Waals surface area contributed by atoms with Gasteiger partial charge in [0.2, 0.25) is 0 Å². The Morgan fingerprint density at radius 1 is 0.944 bits per heavy atom. The number of fused-ring (bicyclic) bond motifs is 5. The molecule has 11 nitrogen and oxygen atoms in total. The van der Waals surface area contributed by atoms with E-state index in [4.69, 9.17) is 0 Å². The monoisotopic (exact) mass is 620 g/mol. The first-order chi connectivity index (χ1) is 17.1. The molecule has 0 radical (unpaired) electrons. The topological polar surface area (TPSA) is 144 Å². The number of carbonyl (C=O) groups excluding carboxylic acids is 3. The maximum absolute atomic E-state index is 13.7. The number of hydrogen-bond acceptors (Lipinski definition) is 7. The van der Waals surface area contributed by atoms with Gasteiger partial charge < -0.3 is 0 Å². The van der Waals surface area contributed by atoms with Crippen LogP contribution in [0.2, 0.25) is 0 Å². The maximum atomic E-state index is 13.7. The van der Waals surface area contributed by atoms with Gasteiger partial charge in [-0.1, -0.05) is 56.1 Å². The number of benzene rings is 2. The van der Waals surface area contributed by atoms with Crippen LogP contribution in [-0.2, 0) is 16.1 Å². The first-order valence-electron chi connectivity index (χ1n) is 11.1. The predicted molar refractivity (Wildman–Crippen MR) is 132 cm³/mol. The molecule has 1 heterocycles. The summed E-state index contributed by atoms with van der Waals surface area (Å²) in [5.74, 6) is -3.38. The minimum absolute atomic E-state index is 0.0171. The first kappa shape index (κ1) is 24.5. The molecule has 36 heavy (non-hydrogen) atoms. The van der Waals surface area contributed by atoms with Gasteiger partial charge in [-0.3, -0.25) is 34.6 Å². The summed E-state index contributed by atoms with van der Waals surface area (Å²) in [4.78, 5) is 62.5. The highest BCUT2D eigenvalue weighted by Gasteiger charge is 2.67. The Hall–Kier alpha value is -3.19. The second-order valence-electron chi connectivity index (χ2n) is 9.05. The zero-order valence-electron chi connectivity index (χ0n) is 18.4. The number of alkyl halides is 2. The molecule has 1 aliphatic heterocycles. The average Bonchev–Trinajstić information content (AvgIpc) is 3.47. The molecule has 0 spiro atoms. The third kappa shape index (κ3) is 3.72. The number of nitro groups is 2. The Balaban J connectivity index is 1.57. The normalized spacial score (nSPS) is 28.3. The fraction of sp³-hybridized carbons (Fsp3) is 0.348. The van der Waals surface area contributed by atoms with Crippen LogP contribution in [0.1, 0.15) is 22.3 Å². The van der Waals surface area contributed by atoms with Gasteiger partial charge in [0.05, 0.1) is 33.8 Å². The minimum Gasteiger partial charge on any atom is -0.272 e. The van der Waals surface area contributed by atoms with Crippen LogP contribution in [0, 0.1) is 43.9 Å². The molecule has 0 N–H and O–H groups in total. The molecule has 5 rings (SSSR count). The summed E-state index contributed by atoms with van der Waals surface area (Å²) < 4.78 is 0. The van der Waals surface area contributed by atoms with E-state index in [1.165, 1.54) is 36.4 Å². The van der Waals surface area contributed by atoms with E-state index in [2.05, 4.69) is 31.9 Å². The number of hydrogen-bond donors (Lipinski definition) is 0. The molecule has 2 aliphatic carbocycles. The Morgan fingerprint density at radius 3 is 2.14 bits per heavy atom. The molecule has 0 unspecified atom stereocenters. The number of halogens is 2. The number of imide groups is 1. The van der Waals surface area contributed by atoms with E-state index in [-0.39, 0.29) is 44.0 Å². The second-order valence-corrected chi connectivity index (χ2v) is 11.2. The summed E-state index contributed by atoms with van der Waals surface area (Å²) in [6, 6.07) is 10.6. The fourth-order valence-electron chi connectivity index (χ4n) is 5.69. The zero-order valence-corrected chi connectivity index (χ0v) is 21.6. The Kier molecular flexibility index (Phi) is 6.15. The SMILES string of the molecule is O=C(c1cccc([N+](=O)[O-])c1)N(Cc1ccccc1[N+](=O)[O-])N1C(=O)[C@@H]2[C@H]3C[C@@H]([C@H](Br)[C@@H]3Br)[C@@H]2C1=O. The number of non-ortho nitro benzene ring substituents is 1. The summed E-state index contributed by atoms with van der Waals surface area (Å²) in [6.07, 6.45) is 0.690. The van der Waals surface area contributed by atoms with Crippen molar-refractivity contribution >= 4 is 61.0 Å². The van der Waals surface area contributed by atoms with Crippen molar-refractivity contribution in [3.05, 3.63) is 79.9 Å². The molecule has 6 atom stereocenters. The minimum atomic E-state index is -0.850. The molecule has 3 amide bonds. The van der Waals surface area contributed by atoms with Gasteiger partial charge in [-0.2, -0.15) is 5.01 Å². The number of nitro benzene ring substituents is 2. The van der Waals surface area contributed by atoms with Gasteiger partial charge in [0.15, 0.2) is 0 Å². The van der Waals surface area contributed by atoms with Gasteiger partial charge in [-0.15, -0.1) is 0 Å². The van der Waals surface area contributed by atoms with Crippen molar-refractivity contribution < 1.29 is 24.2 Å². The van der Waals surface area contributed by atoms with Gasteiger partial charge in [0.25, 0.3) is 29.1 Å². The van der Waals surface area contributed by atoms with Gasteiger partial charge in [0, 0.05) is 33.4 Å². The Bertz CT molecular complexity index is 1290. The quantitative estimate of drug-likeness (QED) is 0.206. The molecule has 186 valence electrons. The zero-order chi connectivity index (χ0) is 25.9. The van der Waals surface area contributed by atoms with E-state index in [1.54, 1.807) is 6.07 Å². The molecule has 3 aliphatic rings. The van der Waals surface area contributed by atoms with Crippen LogP contribution in [-0.4, -0.2) is 47.2 Å². The van der Waals surface area contributed by atoms with Crippen LogP contribution >= 0.6 is 31.9 Å². The molecule has 1 saturated heterocycles. The summed E-state index contributed by atoms with van der Waals surface area (Å²) in [5, 5.41) is 24.6. The highest BCUT2D eigenvalue weighted by atomic mass is 79.9. The van der Waals surface area contributed by atoms with Crippen LogP contribution in [0.15, 0.2) is 48.5 Å². The number of amides is 3. The Labute approximate surface area is 221 Å². The number of rotatable bonds is 6. The van der Waals surface area contributed by atoms with Crippen molar-refractivity contribution in [1.29, 1.82) is 0 Å². The van der Waals surface area contributed by atoms with E-state index in [1.807, 2.05) is 0 Å². The lowest BCUT2D eigenvalue weighted by Crippen LogP contribution is -2.50. The lowest BCUT2D eigenvalue weighted by atomic mass is 9.81. The third-order valence-corrected chi connectivity index (χ3v) is 10.5. The molecule has 2 aromatic carbocycles. The molecule has 0 aromatic heterocycles. The van der Waals surface area contributed by atoms with Gasteiger partial charge in [-0.25, -0.2) is 5.01 Å². The molecular weight excluding hydrogens is 604 g/mol. The van der Waals surface area contributed by atoms with Crippen molar-refractivity contribution in [2.45, 2.75) is 22.6 Å². The van der Waals surface area contributed by atoms with Crippen molar-refractivity contribution in [3.8, 4) is 0 Å². The van der Waals surface area contributed by atoms with E-state index in [9.17, 15) is 34.6 Å². The highest BCUT2D eigenvalue weighted by Crippen LogP contribution is 2.60. The molecule has 2 bridgehead atoms. The van der Waals surface area contributed by atoms with Crippen molar-refractivity contribution in [2.75, 3.05) is 0 Å². The number of carbonyl (C=O) groups is 3. The van der Waals surface area contributed by atoms with E-state index < -0.39 is 45.9 Å². The van der Waals surface area contributed by atoms with E-state index in [0.717, 1.165) is 16.1 Å². The molecular formula is C23H18Br2N4O7. The van der Waals surface area contributed by atoms with Crippen LogP contribution < -0.4 is 0 Å². The smallest absolute Gasteiger partial charge is 0.272 e. The second kappa shape index (κ2) is 9.04. The first-order valence-corrected chi connectivity index (χ1v) is 12.9. The lowest BCUT2D eigenvalue weighted by Gasteiger charge is -2.31. The average molecular weight is 622 g/mol. The third-order valence-electron chi connectivity index (χ3n) is 7.25. The van der Waals surface area contributed by atoms with Crippen molar-refractivity contribution in [2.24, 2.45) is 23.7 Å². The predicted octanol–water partition coefficient (Wildman–Crippen LogP) is 3.84. The highest BCUT2D eigenvalue weighted by molar-refractivity contribution is 9.12. The summed E-state index contributed by atoms with van der Waals surface area (Å²) in [6.45, 7) is -0.444. The largest absolute Gasteiger partial charge is 0.274 e. The van der Waals surface area contributed by atoms with Crippen LogP contribution in [0.5, 0.6) is 0 Å².